The first-order valence-corrected chi connectivity index (χ1v) is 9.22. The summed E-state index contributed by atoms with van der Waals surface area (Å²) < 4.78 is 12.2. The summed E-state index contributed by atoms with van der Waals surface area (Å²) in [5.41, 5.74) is 1.89. The third kappa shape index (κ3) is 5.49. The van der Waals surface area contributed by atoms with E-state index in [2.05, 4.69) is 27.9 Å². The molecule has 3 rings (SSSR count). The number of carbonyl (C=O) groups excluding carboxylic acids is 1. The Labute approximate surface area is 166 Å². The van der Waals surface area contributed by atoms with Crippen LogP contribution in [0.5, 0.6) is 11.5 Å². The van der Waals surface area contributed by atoms with E-state index in [-0.39, 0.29) is 12.5 Å². The molecule has 4 nitrogen and oxygen atoms in total. The number of hydrogen-bond acceptors (Lipinski definition) is 3. The van der Waals surface area contributed by atoms with E-state index in [1.54, 1.807) is 12.1 Å². The number of ether oxygens (including phenoxy) is 2. The molecule has 26 heavy (non-hydrogen) atoms. The van der Waals surface area contributed by atoms with Crippen LogP contribution in [0.3, 0.4) is 0 Å². The summed E-state index contributed by atoms with van der Waals surface area (Å²) in [5.74, 6) is 1.18. The van der Waals surface area contributed by atoms with Gasteiger partial charge in [-0.2, -0.15) is 0 Å². The maximum absolute atomic E-state index is 12.0. The lowest BCUT2D eigenvalue weighted by atomic mass is 10.2. The standard InChI is InChI=1S/C21H18INO3/c22-19-8-4-5-9-20(19)23-21(24)15-26-18-12-10-17(11-13-18)25-14-16-6-2-1-3-7-16/h1-13H,14-15H2,(H,23,24). The second-order valence-electron chi connectivity index (χ2n) is 5.56. The number of carbonyl (C=O) groups is 1. The highest BCUT2D eigenvalue weighted by Gasteiger charge is 2.06. The Morgan fingerprint density at radius 3 is 2.12 bits per heavy atom. The van der Waals surface area contributed by atoms with E-state index < -0.39 is 0 Å². The van der Waals surface area contributed by atoms with Gasteiger partial charge in [0.1, 0.15) is 18.1 Å². The largest absolute Gasteiger partial charge is 0.489 e. The summed E-state index contributed by atoms with van der Waals surface area (Å²) in [7, 11) is 0. The zero-order valence-corrected chi connectivity index (χ0v) is 16.2. The number of amides is 1. The molecule has 0 bridgehead atoms. The molecule has 1 amide bonds. The second kappa shape index (κ2) is 9.24. The maximum Gasteiger partial charge on any atom is 0.262 e. The summed E-state index contributed by atoms with van der Waals surface area (Å²) in [6, 6.07) is 24.8. The van der Waals surface area contributed by atoms with E-state index in [9.17, 15) is 4.79 Å². The molecule has 3 aromatic carbocycles. The van der Waals surface area contributed by atoms with Crippen molar-refractivity contribution in [2.45, 2.75) is 6.61 Å². The summed E-state index contributed by atoms with van der Waals surface area (Å²) in [6.07, 6.45) is 0. The van der Waals surface area contributed by atoms with Crippen molar-refractivity contribution < 1.29 is 14.3 Å². The van der Waals surface area contributed by atoms with Crippen LogP contribution in [0, 0.1) is 3.57 Å². The molecule has 0 aliphatic carbocycles. The van der Waals surface area contributed by atoms with Crippen LogP contribution in [-0.2, 0) is 11.4 Å². The molecule has 132 valence electrons. The number of rotatable bonds is 7. The van der Waals surface area contributed by atoms with Crippen LogP contribution >= 0.6 is 22.6 Å². The first-order chi connectivity index (χ1) is 12.7. The Balaban J connectivity index is 1.46. The van der Waals surface area contributed by atoms with Gasteiger partial charge in [0.15, 0.2) is 6.61 Å². The van der Waals surface area contributed by atoms with Gasteiger partial charge in [0.2, 0.25) is 0 Å². The molecule has 1 N–H and O–H groups in total. The predicted octanol–water partition coefficient (Wildman–Crippen LogP) is 4.89. The molecular formula is C21H18INO3. The Bertz CT molecular complexity index is 851. The molecule has 0 aliphatic heterocycles. The zero-order valence-electron chi connectivity index (χ0n) is 14.0. The molecule has 0 saturated carbocycles. The smallest absolute Gasteiger partial charge is 0.262 e. The van der Waals surface area contributed by atoms with E-state index in [1.165, 1.54) is 0 Å². The van der Waals surface area contributed by atoms with E-state index in [4.69, 9.17) is 9.47 Å². The quantitative estimate of drug-likeness (QED) is 0.512. The summed E-state index contributed by atoms with van der Waals surface area (Å²) in [4.78, 5) is 12.0. The number of anilines is 1. The molecule has 0 unspecified atom stereocenters. The number of halogens is 1. The van der Waals surface area contributed by atoms with Crippen molar-refractivity contribution in [2.24, 2.45) is 0 Å². The van der Waals surface area contributed by atoms with Crippen LogP contribution in [0.4, 0.5) is 5.69 Å². The minimum Gasteiger partial charge on any atom is -0.489 e. The molecule has 5 heteroatoms. The minimum absolute atomic E-state index is 0.0464. The first-order valence-electron chi connectivity index (χ1n) is 8.15. The normalized spacial score (nSPS) is 10.2. The van der Waals surface area contributed by atoms with Crippen molar-refractivity contribution in [2.75, 3.05) is 11.9 Å². The molecule has 0 aliphatic rings. The van der Waals surface area contributed by atoms with Gasteiger partial charge >= 0.3 is 0 Å². The first kappa shape index (κ1) is 18.3. The van der Waals surface area contributed by atoms with Gasteiger partial charge in [0.05, 0.1) is 5.69 Å². The van der Waals surface area contributed by atoms with Crippen LogP contribution in [0.25, 0.3) is 0 Å². The van der Waals surface area contributed by atoms with Gasteiger partial charge in [-0.3, -0.25) is 4.79 Å². The van der Waals surface area contributed by atoms with Gasteiger partial charge in [-0.1, -0.05) is 42.5 Å². The van der Waals surface area contributed by atoms with Crippen molar-refractivity contribution in [1.82, 2.24) is 0 Å². The van der Waals surface area contributed by atoms with Crippen molar-refractivity contribution in [3.05, 3.63) is 88.0 Å². The number of para-hydroxylation sites is 1. The third-order valence-electron chi connectivity index (χ3n) is 3.59. The minimum atomic E-state index is -0.196. The molecular weight excluding hydrogens is 441 g/mol. The fourth-order valence-electron chi connectivity index (χ4n) is 2.27. The van der Waals surface area contributed by atoms with E-state index in [1.807, 2.05) is 66.7 Å². The lowest BCUT2D eigenvalue weighted by Gasteiger charge is -2.10. The summed E-state index contributed by atoms with van der Waals surface area (Å²) in [5, 5.41) is 2.83. The topological polar surface area (TPSA) is 47.6 Å². The fraction of sp³-hybridized carbons (Fsp3) is 0.0952. The van der Waals surface area contributed by atoms with E-state index in [0.29, 0.717) is 12.4 Å². The average molecular weight is 459 g/mol. The lowest BCUT2D eigenvalue weighted by Crippen LogP contribution is -2.20. The van der Waals surface area contributed by atoms with Crippen molar-refractivity contribution >= 4 is 34.2 Å². The summed E-state index contributed by atoms with van der Waals surface area (Å²) >= 11 is 2.18. The fourth-order valence-corrected chi connectivity index (χ4v) is 2.79. The Kier molecular flexibility index (Phi) is 6.49. The molecule has 3 aromatic rings. The monoisotopic (exact) mass is 459 g/mol. The Morgan fingerprint density at radius 1 is 0.808 bits per heavy atom. The van der Waals surface area contributed by atoms with Gasteiger partial charge in [-0.05, 0) is 64.6 Å². The number of hydrogen-bond donors (Lipinski definition) is 1. The Morgan fingerprint density at radius 2 is 1.42 bits per heavy atom. The maximum atomic E-state index is 12.0. The number of nitrogens with one attached hydrogen (secondary N) is 1. The van der Waals surface area contributed by atoms with Gasteiger partial charge < -0.3 is 14.8 Å². The van der Waals surface area contributed by atoms with Crippen LogP contribution in [0.1, 0.15) is 5.56 Å². The molecule has 0 saturated heterocycles. The molecule has 0 spiro atoms. The molecule has 0 atom stereocenters. The summed E-state index contributed by atoms with van der Waals surface area (Å²) in [6.45, 7) is 0.467. The van der Waals surface area contributed by atoms with Crippen LogP contribution < -0.4 is 14.8 Å². The van der Waals surface area contributed by atoms with Crippen molar-refractivity contribution in [1.29, 1.82) is 0 Å². The third-order valence-corrected chi connectivity index (χ3v) is 4.53. The second-order valence-corrected chi connectivity index (χ2v) is 6.72. The van der Waals surface area contributed by atoms with E-state index >= 15 is 0 Å². The van der Waals surface area contributed by atoms with Gasteiger partial charge in [-0.15, -0.1) is 0 Å². The molecule has 0 radical (unpaired) electrons. The van der Waals surface area contributed by atoms with E-state index in [0.717, 1.165) is 20.6 Å². The van der Waals surface area contributed by atoms with Crippen LogP contribution in [0.15, 0.2) is 78.9 Å². The predicted molar refractivity (Wildman–Crippen MR) is 110 cm³/mol. The van der Waals surface area contributed by atoms with Crippen molar-refractivity contribution in [3.8, 4) is 11.5 Å². The molecule has 0 heterocycles. The highest BCUT2D eigenvalue weighted by Crippen LogP contribution is 2.19. The van der Waals surface area contributed by atoms with Gasteiger partial charge in [0.25, 0.3) is 5.91 Å². The zero-order chi connectivity index (χ0) is 18.2. The molecule has 0 fully saturated rings. The SMILES string of the molecule is O=C(COc1ccc(OCc2ccccc2)cc1)Nc1ccccc1I. The highest BCUT2D eigenvalue weighted by atomic mass is 127. The van der Waals surface area contributed by atoms with Gasteiger partial charge in [0, 0.05) is 3.57 Å². The van der Waals surface area contributed by atoms with Crippen molar-refractivity contribution in [3.63, 3.8) is 0 Å². The van der Waals surface area contributed by atoms with Crippen LogP contribution in [-0.4, -0.2) is 12.5 Å². The van der Waals surface area contributed by atoms with Crippen LogP contribution in [0.2, 0.25) is 0 Å². The average Bonchev–Trinajstić information content (AvgIpc) is 2.68. The van der Waals surface area contributed by atoms with Gasteiger partial charge in [-0.25, -0.2) is 0 Å². The Hall–Kier alpha value is -2.54. The molecule has 0 aromatic heterocycles. The number of benzene rings is 3. The lowest BCUT2D eigenvalue weighted by molar-refractivity contribution is -0.118. The highest BCUT2D eigenvalue weighted by molar-refractivity contribution is 14.1.